The van der Waals surface area contributed by atoms with Gasteiger partial charge in [-0.2, -0.15) is 0 Å². The Bertz CT molecular complexity index is 1200. The van der Waals surface area contributed by atoms with Gasteiger partial charge in [0.15, 0.2) is 11.9 Å². The van der Waals surface area contributed by atoms with E-state index in [0.717, 1.165) is 4.31 Å². The fourth-order valence-corrected chi connectivity index (χ4v) is 3.52. The minimum Gasteiger partial charge on any atom is -0.451 e. The highest BCUT2D eigenvalue weighted by Crippen LogP contribution is 2.19. The molecule has 1 heterocycles. The van der Waals surface area contributed by atoms with Crippen LogP contribution in [0.3, 0.4) is 0 Å². The summed E-state index contributed by atoms with van der Waals surface area (Å²) in [5.41, 5.74) is 0.240. The summed E-state index contributed by atoms with van der Waals surface area (Å²) in [6, 6.07) is 12.4. The van der Waals surface area contributed by atoms with Gasteiger partial charge in [-0.25, -0.2) is 22.5 Å². The van der Waals surface area contributed by atoms with Crippen molar-refractivity contribution in [3.05, 3.63) is 70.3 Å². The molecule has 0 aliphatic carbocycles. The Morgan fingerprint density at radius 1 is 1.14 bits per heavy atom. The molecule has 1 atom stereocenters. The summed E-state index contributed by atoms with van der Waals surface area (Å²) in [6.07, 6.45) is -0.834. The van der Waals surface area contributed by atoms with Gasteiger partial charge in [-0.3, -0.25) is 4.79 Å². The first kappa shape index (κ1) is 19.7. The van der Waals surface area contributed by atoms with E-state index in [4.69, 9.17) is 4.74 Å². The molecule has 1 N–H and O–H groups in total. The highest BCUT2D eigenvalue weighted by molar-refractivity contribution is 7.89. The van der Waals surface area contributed by atoms with Crippen LogP contribution in [0, 0.1) is 0 Å². The van der Waals surface area contributed by atoms with Crippen LogP contribution in [-0.2, 0) is 14.8 Å². The Labute approximate surface area is 161 Å². The Morgan fingerprint density at radius 2 is 1.86 bits per heavy atom. The van der Waals surface area contributed by atoms with Crippen LogP contribution in [0.4, 0.5) is 0 Å². The number of ether oxygens (including phenoxy) is 1. The number of rotatable bonds is 5. The largest absolute Gasteiger partial charge is 0.451 e. The number of aromatic nitrogens is 2. The summed E-state index contributed by atoms with van der Waals surface area (Å²) < 4.78 is 30.9. The van der Waals surface area contributed by atoms with E-state index in [9.17, 15) is 18.0 Å². The van der Waals surface area contributed by atoms with E-state index in [1.54, 1.807) is 31.2 Å². The monoisotopic (exact) mass is 401 g/mol. The first-order chi connectivity index (χ1) is 13.2. The number of aromatic amines is 1. The molecular formula is C19H19N3O5S. The van der Waals surface area contributed by atoms with E-state index in [-0.39, 0.29) is 21.8 Å². The van der Waals surface area contributed by atoms with Crippen LogP contribution in [0.15, 0.2) is 58.2 Å². The van der Waals surface area contributed by atoms with Gasteiger partial charge in [-0.1, -0.05) is 18.2 Å². The van der Waals surface area contributed by atoms with Gasteiger partial charge in [0.1, 0.15) is 0 Å². The molecule has 0 bridgehead atoms. The van der Waals surface area contributed by atoms with Crippen molar-refractivity contribution in [2.24, 2.45) is 0 Å². The van der Waals surface area contributed by atoms with Crippen molar-refractivity contribution in [3.8, 4) is 0 Å². The molecule has 8 nitrogen and oxygen atoms in total. The first-order valence-corrected chi connectivity index (χ1v) is 9.86. The van der Waals surface area contributed by atoms with Crippen LogP contribution in [0.25, 0.3) is 10.9 Å². The molecule has 0 saturated heterocycles. The number of benzene rings is 2. The molecule has 1 aromatic heterocycles. The third-order valence-corrected chi connectivity index (χ3v) is 5.96. The fourth-order valence-electron chi connectivity index (χ4n) is 2.58. The average Bonchev–Trinajstić information content (AvgIpc) is 2.67. The van der Waals surface area contributed by atoms with E-state index in [1.165, 1.54) is 38.4 Å². The van der Waals surface area contributed by atoms with E-state index in [1.807, 2.05) is 0 Å². The molecule has 146 valence electrons. The number of hydrogen-bond donors (Lipinski definition) is 1. The number of hydrogen-bond acceptors (Lipinski definition) is 6. The summed E-state index contributed by atoms with van der Waals surface area (Å²) in [7, 11) is -0.864. The quantitative estimate of drug-likeness (QED) is 0.656. The zero-order valence-electron chi connectivity index (χ0n) is 15.5. The Hall–Kier alpha value is -3.04. The second kappa shape index (κ2) is 7.53. The number of carbonyl (C=O) groups excluding carboxylic acids is 1. The van der Waals surface area contributed by atoms with E-state index < -0.39 is 22.1 Å². The molecule has 9 heteroatoms. The number of sulfonamides is 1. The third-order valence-electron chi connectivity index (χ3n) is 4.15. The number of H-pyrrole nitrogens is 1. The van der Waals surface area contributed by atoms with Gasteiger partial charge in [0.25, 0.3) is 5.56 Å². The summed E-state index contributed by atoms with van der Waals surface area (Å²) in [4.78, 5) is 31.6. The van der Waals surface area contributed by atoms with Gasteiger partial charge in [0.05, 0.1) is 21.4 Å². The summed E-state index contributed by atoms with van der Waals surface area (Å²) in [5, 5.41) is 0.436. The molecule has 28 heavy (non-hydrogen) atoms. The second-order valence-electron chi connectivity index (χ2n) is 6.33. The van der Waals surface area contributed by atoms with Crippen LogP contribution in [0.5, 0.6) is 0 Å². The van der Waals surface area contributed by atoms with E-state index in [0.29, 0.717) is 10.9 Å². The number of fused-ring (bicyclic) bond motifs is 1. The van der Waals surface area contributed by atoms with Gasteiger partial charge in [0, 0.05) is 14.1 Å². The van der Waals surface area contributed by atoms with E-state index in [2.05, 4.69) is 9.97 Å². The van der Waals surface area contributed by atoms with Gasteiger partial charge in [-0.05, 0) is 37.3 Å². The van der Waals surface area contributed by atoms with Crippen molar-refractivity contribution < 1.29 is 17.9 Å². The molecule has 0 radical (unpaired) electrons. The zero-order chi connectivity index (χ0) is 20.5. The molecule has 3 rings (SSSR count). The average molecular weight is 401 g/mol. The highest BCUT2D eigenvalue weighted by Gasteiger charge is 2.21. The predicted molar refractivity (Wildman–Crippen MR) is 104 cm³/mol. The molecule has 0 spiro atoms. The molecule has 0 aliphatic heterocycles. The number of nitrogens with zero attached hydrogens (tertiary/aromatic N) is 2. The number of para-hydroxylation sites is 1. The standard InChI is InChI=1S/C19H19N3O5S/c1-12(17-20-16-10-5-4-9-15(16)18(23)21-17)27-19(24)13-7-6-8-14(11-13)28(25,26)22(2)3/h4-12H,1-3H3,(H,20,21,23)/t12-/m1/s1. The molecule has 0 amide bonds. The van der Waals surface area contributed by atoms with Crippen LogP contribution < -0.4 is 5.56 Å². The van der Waals surface area contributed by atoms with Crippen molar-refractivity contribution in [3.63, 3.8) is 0 Å². The predicted octanol–water partition coefficient (Wildman–Crippen LogP) is 2.09. The first-order valence-electron chi connectivity index (χ1n) is 8.42. The second-order valence-corrected chi connectivity index (χ2v) is 8.48. The lowest BCUT2D eigenvalue weighted by molar-refractivity contribution is 0.0319. The van der Waals surface area contributed by atoms with Crippen molar-refractivity contribution in [2.45, 2.75) is 17.9 Å². The lowest BCUT2D eigenvalue weighted by atomic mass is 10.2. The van der Waals surface area contributed by atoms with Gasteiger partial charge < -0.3 is 9.72 Å². The lowest BCUT2D eigenvalue weighted by Crippen LogP contribution is -2.22. The Morgan fingerprint density at radius 3 is 2.57 bits per heavy atom. The molecule has 0 saturated carbocycles. The van der Waals surface area contributed by atoms with Crippen LogP contribution in [0.2, 0.25) is 0 Å². The number of esters is 1. The van der Waals surface area contributed by atoms with Crippen LogP contribution in [-0.4, -0.2) is 42.8 Å². The van der Waals surface area contributed by atoms with Gasteiger partial charge in [-0.15, -0.1) is 0 Å². The number of nitrogens with one attached hydrogen (secondary N) is 1. The minimum atomic E-state index is -3.68. The molecule has 2 aromatic carbocycles. The van der Waals surface area contributed by atoms with E-state index >= 15 is 0 Å². The molecule has 0 unspecified atom stereocenters. The molecular weight excluding hydrogens is 382 g/mol. The topological polar surface area (TPSA) is 109 Å². The summed E-state index contributed by atoms with van der Waals surface area (Å²) >= 11 is 0. The molecule has 3 aromatic rings. The maximum atomic E-state index is 12.5. The maximum Gasteiger partial charge on any atom is 0.338 e. The van der Waals surface area contributed by atoms with Crippen molar-refractivity contribution in [1.29, 1.82) is 0 Å². The minimum absolute atomic E-state index is 0.0168. The summed E-state index contributed by atoms with van der Waals surface area (Å²) in [5.74, 6) is -0.520. The van der Waals surface area contributed by atoms with Crippen LogP contribution in [0.1, 0.15) is 29.2 Å². The smallest absolute Gasteiger partial charge is 0.338 e. The molecule has 0 aliphatic rings. The van der Waals surface area contributed by atoms with Gasteiger partial charge >= 0.3 is 5.97 Å². The maximum absolute atomic E-state index is 12.5. The molecule has 0 fully saturated rings. The highest BCUT2D eigenvalue weighted by atomic mass is 32.2. The summed E-state index contributed by atoms with van der Waals surface area (Å²) in [6.45, 7) is 1.57. The Balaban J connectivity index is 1.87. The third kappa shape index (κ3) is 3.80. The normalized spacial score (nSPS) is 12.9. The lowest BCUT2D eigenvalue weighted by Gasteiger charge is -2.14. The zero-order valence-corrected chi connectivity index (χ0v) is 16.4. The van der Waals surface area contributed by atoms with Crippen molar-refractivity contribution in [1.82, 2.24) is 14.3 Å². The number of carbonyl (C=O) groups is 1. The van der Waals surface area contributed by atoms with Crippen molar-refractivity contribution >= 4 is 26.9 Å². The van der Waals surface area contributed by atoms with Gasteiger partial charge in [0.2, 0.25) is 10.0 Å². The van der Waals surface area contributed by atoms with Crippen molar-refractivity contribution in [2.75, 3.05) is 14.1 Å². The fraction of sp³-hybridized carbons (Fsp3) is 0.211. The SMILES string of the molecule is C[C@@H](OC(=O)c1cccc(S(=O)(=O)N(C)C)c1)c1nc2ccccc2c(=O)[nH]1. The van der Waals surface area contributed by atoms with Crippen LogP contribution >= 0.6 is 0 Å². The Kier molecular flexibility index (Phi) is 5.30.